The summed E-state index contributed by atoms with van der Waals surface area (Å²) in [4.78, 5) is 4.22. The molecule has 1 saturated heterocycles. The maximum atomic E-state index is 4.24. The molecule has 3 rings (SSSR count). The molecule has 0 spiro atoms. The Labute approximate surface area is 98.4 Å². The molecule has 0 saturated carbocycles. The van der Waals surface area contributed by atoms with Gasteiger partial charge in [0.2, 0.25) is 0 Å². The smallest absolute Gasteiger partial charge is 0.157 e. The van der Waals surface area contributed by atoms with Crippen LogP contribution < -0.4 is 5.32 Å². The highest BCUT2D eigenvalue weighted by atomic mass is 32.2. The molecule has 5 heteroatoms. The predicted molar refractivity (Wildman–Crippen MR) is 67.1 cm³/mol. The maximum Gasteiger partial charge on any atom is 0.157 e. The zero-order valence-corrected chi connectivity index (χ0v) is 10.00. The van der Waals surface area contributed by atoms with Crippen LogP contribution in [-0.2, 0) is 0 Å². The van der Waals surface area contributed by atoms with Gasteiger partial charge in [-0.15, -0.1) is 0 Å². The number of thioether (sulfide) groups is 1. The van der Waals surface area contributed by atoms with E-state index >= 15 is 0 Å². The van der Waals surface area contributed by atoms with Crippen molar-refractivity contribution in [2.24, 2.45) is 0 Å². The number of pyridine rings is 1. The molecule has 0 aromatic carbocycles. The van der Waals surface area contributed by atoms with Crippen molar-refractivity contribution in [2.45, 2.75) is 19.4 Å². The van der Waals surface area contributed by atoms with Crippen LogP contribution in [0.15, 0.2) is 18.5 Å². The Hall–Kier alpha value is -1.23. The third kappa shape index (κ3) is 1.75. The molecule has 0 aliphatic carbocycles. The first-order chi connectivity index (χ1) is 7.83. The monoisotopic (exact) mass is 234 g/mol. The third-order valence-electron chi connectivity index (χ3n) is 2.81. The average molecular weight is 234 g/mol. The summed E-state index contributed by atoms with van der Waals surface area (Å²) in [5.41, 5.74) is 2.13. The lowest BCUT2D eigenvalue weighted by Gasteiger charge is -2.14. The lowest BCUT2D eigenvalue weighted by Crippen LogP contribution is -2.20. The van der Waals surface area contributed by atoms with E-state index in [0.717, 1.165) is 11.5 Å². The fraction of sp³-hybridized carbons (Fsp3) is 0.455. The number of anilines is 1. The number of rotatable bonds is 2. The first-order valence-electron chi connectivity index (χ1n) is 5.47. The van der Waals surface area contributed by atoms with Gasteiger partial charge in [-0.2, -0.15) is 21.4 Å². The number of nitrogens with zero attached hydrogens (tertiary/aromatic N) is 3. The summed E-state index contributed by atoms with van der Waals surface area (Å²) in [6, 6.07) is 4.74. The van der Waals surface area contributed by atoms with E-state index in [1.165, 1.54) is 23.5 Å². The highest BCUT2D eigenvalue weighted by molar-refractivity contribution is 7.99. The van der Waals surface area contributed by atoms with E-state index < -0.39 is 0 Å². The molecule has 1 aliphatic heterocycles. The van der Waals surface area contributed by atoms with Gasteiger partial charge in [-0.05, 0) is 36.8 Å². The van der Waals surface area contributed by atoms with Gasteiger partial charge in [-0.25, -0.2) is 4.98 Å². The van der Waals surface area contributed by atoms with Crippen molar-refractivity contribution in [1.29, 1.82) is 0 Å². The van der Waals surface area contributed by atoms with Crippen molar-refractivity contribution >= 4 is 23.2 Å². The molecule has 1 fully saturated rings. The van der Waals surface area contributed by atoms with Gasteiger partial charge in [-0.3, -0.25) is 0 Å². The number of fused-ring (bicyclic) bond motifs is 1. The van der Waals surface area contributed by atoms with Crippen LogP contribution in [-0.4, -0.2) is 32.1 Å². The zero-order valence-electron chi connectivity index (χ0n) is 9.18. The molecule has 2 aromatic rings. The van der Waals surface area contributed by atoms with Gasteiger partial charge in [0.05, 0.1) is 0 Å². The van der Waals surface area contributed by atoms with Crippen LogP contribution in [0.4, 0.5) is 5.82 Å². The first-order valence-corrected chi connectivity index (χ1v) is 6.63. The predicted octanol–water partition coefficient (Wildman–Crippen LogP) is 1.96. The van der Waals surface area contributed by atoms with Crippen LogP contribution in [0.2, 0.25) is 0 Å². The van der Waals surface area contributed by atoms with Gasteiger partial charge < -0.3 is 5.32 Å². The lowest BCUT2D eigenvalue weighted by molar-refractivity contribution is 0.792. The van der Waals surface area contributed by atoms with E-state index in [1.54, 1.807) is 6.33 Å². The Morgan fingerprint density at radius 2 is 2.44 bits per heavy atom. The molecule has 3 heterocycles. The summed E-state index contributed by atoms with van der Waals surface area (Å²) in [7, 11) is 0. The van der Waals surface area contributed by atoms with Crippen LogP contribution >= 0.6 is 11.8 Å². The van der Waals surface area contributed by atoms with Gasteiger partial charge in [0.25, 0.3) is 0 Å². The fourth-order valence-corrected chi connectivity index (χ4v) is 3.17. The minimum atomic E-state index is 0.569. The minimum Gasteiger partial charge on any atom is -0.366 e. The normalized spacial score (nSPS) is 20.4. The SMILES string of the molecule is Cc1cc(NC2CCSC2)n2ncnc2c1. The molecule has 0 radical (unpaired) electrons. The Morgan fingerprint density at radius 1 is 1.50 bits per heavy atom. The standard InChI is InChI=1S/C11H14N4S/c1-8-4-10-12-7-13-15(10)11(5-8)14-9-2-3-16-6-9/h4-5,7,9,14H,2-3,6H2,1H3. The summed E-state index contributed by atoms with van der Waals surface area (Å²) in [5, 5.41) is 7.79. The van der Waals surface area contributed by atoms with Gasteiger partial charge in [-0.1, -0.05) is 0 Å². The summed E-state index contributed by atoms with van der Waals surface area (Å²) >= 11 is 2.01. The second-order valence-corrected chi connectivity index (χ2v) is 5.30. The van der Waals surface area contributed by atoms with Crippen LogP contribution in [0.3, 0.4) is 0 Å². The fourth-order valence-electron chi connectivity index (χ4n) is 2.02. The number of aromatic nitrogens is 3. The third-order valence-corrected chi connectivity index (χ3v) is 3.97. The van der Waals surface area contributed by atoms with Gasteiger partial charge in [0.1, 0.15) is 12.1 Å². The minimum absolute atomic E-state index is 0.569. The van der Waals surface area contributed by atoms with E-state index in [9.17, 15) is 0 Å². The molecule has 1 unspecified atom stereocenters. The quantitative estimate of drug-likeness (QED) is 0.862. The second kappa shape index (κ2) is 3.97. The van der Waals surface area contributed by atoms with Crippen LogP contribution in [0.25, 0.3) is 5.65 Å². The number of nitrogens with one attached hydrogen (secondary N) is 1. The molecule has 1 N–H and O–H groups in total. The average Bonchev–Trinajstić information content (AvgIpc) is 2.87. The molecule has 84 valence electrons. The van der Waals surface area contributed by atoms with Gasteiger partial charge in [0, 0.05) is 11.8 Å². The molecule has 4 nitrogen and oxygen atoms in total. The van der Waals surface area contributed by atoms with Crippen LogP contribution in [0.1, 0.15) is 12.0 Å². The van der Waals surface area contributed by atoms with E-state index in [1.807, 2.05) is 22.3 Å². The molecule has 0 bridgehead atoms. The molecular weight excluding hydrogens is 220 g/mol. The van der Waals surface area contributed by atoms with E-state index in [2.05, 4.69) is 28.4 Å². The number of aryl methyl sites for hydroxylation is 1. The summed E-state index contributed by atoms with van der Waals surface area (Å²) < 4.78 is 1.87. The molecule has 0 amide bonds. The molecule has 16 heavy (non-hydrogen) atoms. The lowest BCUT2D eigenvalue weighted by atomic mass is 10.2. The van der Waals surface area contributed by atoms with Crippen LogP contribution in [0, 0.1) is 6.92 Å². The second-order valence-electron chi connectivity index (χ2n) is 4.15. The van der Waals surface area contributed by atoms with E-state index in [0.29, 0.717) is 6.04 Å². The van der Waals surface area contributed by atoms with Crippen LogP contribution in [0.5, 0.6) is 0 Å². The zero-order chi connectivity index (χ0) is 11.0. The number of hydrogen-bond donors (Lipinski definition) is 1. The molecule has 1 aliphatic rings. The Bertz CT molecular complexity index is 502. The summed E-state index contributed by atoms with van der Waals surface area (Å²) in [6.45, 7) is 2.09. The Kier molecular flexibility index (Phi) is 2.47. The van der Waals surface area contributed by atoms with Gasteiger partial charge >= 0.3 is 0 Å². The Balaban J connectivity index is 1.97. The van der Waals surface area contributed by atoms with E-state index in [-0.39, 0.29) is 0 Å². The molecular formula is C11H14N4S. The van der Waals surface area contributed by atoms with Crippen molar-refractivity contribution < 1.29 is 0 Å². The molecule has 2 aromatic heterocycles. The van der Waals surface area contributed by atoms with Gasteiger partial charge in [0.15, 0.2) is 5.65 Å². The topological polar surface area (TPSA) is 42.2 Å². The van der Waals surface area contributed by atoms with E-state index in [4.69, 9.17) is 0 Å². The molecule has 1 atom stereocenters. The highest BCUT2D eigenvalue weighted by Crippen LogP contribution is 2.22. The largest absolute Gasteiger partial charge is 0.366 e. The van der Waals surface area contributed by atoms with Crippen molar-refractivity contribution in [3.8, 4) is 0 Å². The van der Waals surface area contributed by atoms with Crippen molar-refractivity contribution in [2.75, 3.05) is 16.8 Å². The van der Waals surface area contributed by atoms with Crippen molar-refractivity contribution in [3.63, 3.8) is 0 Å². The van der Waals surface area contributed by atoms with Crippen molar-refractivity contribution in [1.82, 2.24) is 14.6 Å². The maximum absolute atomic E-state index is 4.24. The highest BCUT2D eigenvalue weighted by Gasteiger charge is 2.16. The number of hydrogen-bond acceptors (Lipinski definition) is 4. The summed E-state index contributed by atoms with van der Waals surface area (Å²) in [5.74, 6) is 3.49. The summed E-state index contributed by atoms with van der Waals surface area (Å²) in [6.07, 6.45) is 2.83. The Morgan fingerprint density at radius 3 is 3.25 bits per heavy atom. The van der Waals surface area contributed by atoms with Crippen molar-refractivity contribution in [3.05, 3.63) is 24.0 Å². The first kappa shape index (κ1) is 9.96.